The number of hydrogen-bond donors (Lipinski definition) is 1. The van der Waals surface area contributed by atoms with Gasteiger partial charge in [-0.25, -0.2) is 9.59 Å². The molecule has 0 heterocycles. The zero-order valence-electron chi connectivity index (χ0n) is 13.9. The molecule has 0 aliphatic carbocycles. The average molecular weight is 388 g/mol. The fraction of sp³-hybridized carbons (Fsp3) is 0.500. The number of esters is 1. The van der Waals surface area contributed by atoms with E-state index in [9.17, 15) is 9.59 Å². The van der Waals surface area contributed by atoms with Gasteiger partial charge in [-0.05, 0) is 45.9 Å². The van der Waals surface area contributed by atoms with Gasteiger partial charge in [-0.15, -0.1) is 0 Å². The van der Waals surface area contributed by atoms with Crippen molar-refractivity contribution < 1.29 is 23.8 Å². The third-order valence-corrected chi connectivity index (χ3v) is 3.09. The van der Waals surface area contributed by atoms with Crippen LogP contribution in [0.15, 0.2) is 22.7 Å². The van der Waals surface area contributed by atoms with Gasteiger partial charge in [-0.2, -0.15) is 0 Å². The highest BCUT2D eigenvalue weighted by atomic mass is 79.9. The molecule has 1 aromatic rings. The average Bonchev–Trinajstić information content (AvgIpc) is 2.42. The number of amides is 1. The predicted molar refractivity (Wildman–Crippen MR) is 89.8 cm³/mol. The summed E-state index contributed by atoms with van der Waals surface area (Å²) in [6.07, 6.45) is -0.518. The maximum atomic E-state index is 11.7. The van der Waals surface area contributed by atoms with Crippen molar-refractivity contribution in [1.29, 1.82) is 0 Å². The number of carbonyl (C=O) groups is 2. The number of benzene rings is 1. The standard InChI is InChI=1S/C16H22BrNO5/c1-10(18-15(20)23-16(2,3)4)9-22-13-8-11(17)6-7-12(13)14(19)21-5/h6-8,10H,9H2,1-5H3,(H,18,20)/t10-/m0/s1. The molecule has 0 radical (unpaired) electrons. The molecule has 0 bridgehead atoms. The summed E-state index contributed by atoms with van der Waals surface area (Å²) in [7, 11) is 1.31. The molecule has 0 saturated carbocycles. The van der Waals surface area contributed by atoms with Crippen molar-refractivity contribution in [3.8, 4) is 5.75 Å². The summed E-state index contributed by atoms with van der Waals surface area (Å²) in [4.78, 5) is 23.4. The summed E-state index contributed by atoms with van der Waals surface area (Å²) >= 11 is 3.33. The van der Waals surface area contributed by atoms with E-state index >= 15 is 0 Å². The van der Waals surface area contributed by atoms with Crippen LogP contribution in [0.1, 0.15) is 38.1 Å². The predicted octanol–water partition coefficient (Wildman–Crippen LogP) is 3.53. The summed E-state index contributed by atoms with van der Waals surface area (Å²) in [5, 5.41) is 2.67. The molecule has 0 aromatic heterocycles. The Morgan fingerprint density at radius 2 is 1.96 bits per heavy atom. The second kappa shape index (κ2) is 8.19. The maximum Gasteiger partial charge on any atom is 0.407 e. The van der Waals surface area contributed by atoms with E-state index in [1.165, 1.54) is 7.11 Å². The van der Waals surface area contributed by atoms with Crippen LogP contribution >= 0.6 is 15.9 Å². The first-order valence-corrected chi connectivity index (χ1v) is 7.92. The zero-order chi connectivity index (χ0) is 17.6. The minimum absolute atomic E-state index is 0.180. The Balaban J connectivity index is 2.65. The molecule has 1 atom stereocenters. The van der Waals surface area contributed by atoms with Crippen molar-refractivity contribution >= 4 is 28.0 Å². The van der Waals surface area contributed by atoms with Gasteiger partial charge >= 0.3 is 12.1 Å². The molecule has 1 rings (SSSR count). The Morgan fingerprint density at radius 3 is 2.52 bits per heavy atom. The van der Waals surface area contributed by atoms with E-state index in [1.807, 2.05) is 0 Å². The largest absolute Gasteiger partial charge is 0.491 e. The highest BCUT2D eigenvalue weighted by Gasteiger charge is 2.19. The third kappa shape index (κ3) is 6.90. The fourth-order valence-corrected chi connectivity index (χ4v) is 2.00. The molecule has 0 unspecified atom stereocenters. The Morgan fingerprint density at radius 1 is 1.30 bits per heavy atom. The van der Waals surface area contributed by atoms with Gasteiger partial charge in [0.25, 0.3) is 0 Å². The van der Waals surface area contributed by atoms with Crippen LogP contribution in [0, 0.1) is 0 Å². The van der Waals surface area contributed by atoms with E-state index < -0.39 is 17.7 Å². The molecule has 0 aliphatic rings. The Kier molecular flexibility index (Phi) is 6.87. The van der Waals surface area contributed by atoms with Crippen LogP contribution in [-0.2, 0) is 9.47 Å². The van der Waals surface area contributed by atoms with Crippen LogP contribution in [-0.4, -0.2) is 37.4 Å². The van der Waals surface area contributed by atoms with Gasteiger partial charge in [0.2, 0.25) is 0 Å². The lowest BCUT2D eigenvalue weighted by atomic mass is 10.2. The number of alkyl carbamates (subject to hydrolysis) is 1. The molecule has 0 fully saturated rings. The molecule has 0 spiro atoms. The number of hydrogen-bond acceptors (Lipinski definition) is 5. The molecule has 7 heteroatoms. The van der Waals surface area contributed by atoms with Crippen LogP contribution < -0.4 is 10.1 Å². The van der Waals surface area contributed by atoms with Crippen LogP contribution in [0.5, 0.6) is 5.75 Å². The highest BCUT2D eigenvalue weighted by molar-refractivity contribution is 9.10. The lowest BCUT2D eigenvalue weighted by molar-refractivity contribution is 0.0489. The smallest absolute Gasteiger partial charge is 0.407 e. The number of carbonyl (C=O) groups excluding carboxylic acids is 2. The lowest BCUT2D eigenvalue weighted by Crippen LogP contribution is -2.40. The topological polar surface area (TPSA) is 73.9 Å². The molecule has 1 N–H and O–H groups in total. The lowest BCUT2D eigenvalue weighted by Gasteiger charge is -2.22. The number of rotatable bonds is 5. The van der Waals surface area contributed by atoms with E-state index in [4.69, 9.17) is 14.2 Å². The molecular weight excluding hydrogens is 366 g/mol. The minimum atomic E-state index is -0.562. The number of methoxy groups -OCH3 is 1. The van der Waals surface area contributed by atoms with Crippen molar-refractivity contribution in [2.24, 2.45) is 0 Å². The Bertz CT molecular complexity index is 568. The quantitative estimate of drug-likeness (QED) is 0.782. The first-order valence-electron chi connectivity index (χ1n) is 7.12. The van der Waals surface area contributed by atoms with Gasteiger partial charge in [0, 0.05) is 4.47 Å². The van der Waals surface area contributed by atoms with E-state index in [1.54, 1.807) is 45.9 Å². The number of halogens is 1. The van der Waals surface area contributed by atoms with E-state index in [2.05, 4.69) is 21.2 Å². The first kappa shape index (κ1) is 19.3. The number of nitrogens with one attached hydrogen (secondary N) is 1. The fourth-order valence-electron chi connectivity index (χ4n) is 1.66. The Hall–Kier alpha value is -1.76. The van der Waals surface area contributed by atoms with Gasteiger partial charge in [0.15, 0.2) is 0 Å². The first-order chi connectivity index (χ1) is 10.6. The van der Waals surface area contributed by atoms with E-state index in [-0.39, 0.29) is 12.6 Å². The van der Waals surface area contributed by atoms with Gasteiger partial charge < -0.3 is 19.5 Å². The SMILES string of the molecule is COC(=O)c1ccc(Br)cc1OC[C@H](C)NC(=O)OC(C)(C)C. The molecule has 23 heavy (non-hydrogen) atoms. The van der Waals surface area contributed by atoms with Crippen molar-refractivity contribution in [2.45, 2.75) is 39.3 Å². The van der Waals surface area contributed by atoms with Crippen LogP contribution in [0.25, 0.3) is 0 Å². The molecule has 0 aliphatic heterocycles. The maximum absolute atomic E-state index is 11.7. The minimum Gasteiger partial charge on any atom is -0.491 e. The van der Waals surface area contributed by atoms with Crippen LogP contribution in [0.4, 0.5) is 4.79 Å². The zero-order valence-corrected chi connectivity index (χ0v) is 15.5. The summed E-state index contributed by atoms with van der Waals surface area (Å²) in [5.74, 6) is -0.107. The molecule has 1 aromatic carbocycles. The van der Waals surface area contributed by atoms with Crippen molar-refractivity contribution in [1.82, 2.24) is 5.32 Å². The van der Waals surface area contributed by atoms with Gasteiger partial charge in [-0.3, -0.25) is 0 Å². The summed E-state index contributed by atoms with van der Waals surface area (Å²) < 4.78 is 16.3. The normalized spacial score (nSPS) is 12.3. The second-order valence-electron chi connectivity index (χ2n) is 5.99. The van der Waals surface area contributed by atoms with Gasteiger partial charge in [0.05, 0.1) is 13.2 Å². The van der Waals surface area contributed by atoms with E-state index in [0.717, 1.165) is 4.47 Å². The molecule has 1 amide bonds. The van der Waals surface area contributed by atoms with Crippen molar-refractivity contribution in [3.05, 3.63) is 28.2 Å². The summed E-state index contributed by atoms with van der Waals surface area (Å²) in [5.41, 5.74) is -0.243. The summed E-state index contributed by atoms with van der Waals surface area (Å²) in [6, 6.07) is 4.71. The third-order valence-electron chi connectivity index (χ3n) is 2.60. The molecule has 6 nitrogen and oxygen atoms in total. The highest BCUT2D eigenvalue weighted by Crippen LogP contribution is 2.24. The van der Waals surface area contributed by atoms with Crippen molar-refractivity contribution in [3.63, 3.8) is 0 Å². The number of ether oxygens (including phenoxy) is 3. The van der Waals surface area contributed by atoms with Crippen LogP contribution in [0.2, 0.25) is 0 Å². The molecule has 128 valence electrons. The monoisotopic (exact) mass is 387 g/mol. The Labute approximate surface area is 144 Å². The van der Waals surface area contributed by atoms with Gasteiger partial charge in [0.1, 0.15) is 23.5 Å². The summed E-state index contributed by atoms with van der Waals surface area (Å²) in [6.45, 7) is 7.33. The molecule has 0 saturated heterocycles. The van der Waals surface area contributed by atoms with E-state index in [0.29, 0.717) is 11.3 Å². The second-order valence-corrected chi connectivity index (χ2v) is 6.91. The molecular formula is C16H22BrNO5. The van der Waals surface area contributed by atoms with Crippen molar-refractivity contribution in [2.75, 3.05) is 13.7 Å². The van der Waals surface area contributed by atoms with Crippen LogP contribution in [0.3, 0.4) is 0 Å². The van der Waals surface area contributed by atoms with Gasteiger partial charge in [-0.1, -0.05) is 15.9 Å².